The largest absolute Gasteiger partial charge is 0.487 e. The van der Waals surface area contributed by atoms with Gasteiger partial charge in [-0.2, -0.15) is 0 Å². The maximum absolute atomic E-state index is 11.3. The van der Waals surface area contributed by atoms with Crippen molar-refractivity contribution in [3.63, 3.8) is 0 Å². The molecule has 0 saturated carbocycles. The van der Waals surface area contributed by atoms with Crippen LogP contribution < -0.4 is 9.64 Å². The van der Waals surface area contributed by atoms with Gasteiger partial charge in [0.25, 0.3) is 0 Å². The van der Waals surface area contributed by atoms with E-state index < -0.39 is 16.9 Å². The fraction of sp³-hybridized carbons (Fsp3) is 0.500. The van der Waals surface area contributed by atoms with E-state index in [0.717, 1.165) is 12.8 Å². The minimum atomic E-state index is -0.869. The third-order valence-electron chi connectivity index (χ3n) is 3.56. The highest BCUT2D eigenvalue weighted by molar-refractivity contribution is 5.79. The molecule has 7 nitrogen and oxygen atoms in total. The number of anilines is 1. The van der Waals surface area contributed by atoms with Crippen LogP contribution in [-0.2, 0) is 4.79 Å². The van der Waals surface area contributed by atoms with Crippen molar-refractivity contribution in [1.82, 2.24) is 0 Å². The molecule has 7 heteroatoms. The van der Waals surface area contributed by atoms with E-state index in [0.29, 0.717) is 25.3 Å². The topological polar surface area (TPSA) is 92.9 Å². The average molecular weight is 294 g/mol. The highest BCUT2D eigenvalue weighted by Crippen LogP contribution is 2.34. The van der Waals surface area contributed by atoms with Crippen LogP contribution >= 0.6 is 0 Å². The summed E-state index contributed by atoms with van der Waals surface area (Å²) >= 11 is 0. The first-order valence-electron chi connectivity index (χ1n) is 6.95. The van der Waals surface area contributed by atoms with Crippen LogP contribution in [0, 0.1) is 10.1 Å². The summed E-state index contributed by atoms with van der Waals surface area (Å²) in [5.41, 5.74) is 0.542. The standard InChI is InChI=1S/C14H18N2O5/c1-2-21-13-9-10(6-7-11(13)16(19)20)15-8-4-3-5-12(15)14(17)18/h6-7,9,12H,2-5,8H2,1H3,(H,17,18). The second-order valence-electron chi connectivity index (χ2n) is 4.89. The van der Waals surface area contributed by atoms with Crippen LogP contribution in [0.15, 0.2) is 18.2 Å². The Morgan fingerprint density at radius 2 is 2.29 bits per heavy atom. The van der Waals surface area contributed by atoms with Crippen LogP contribution in [0.5, 0.6) is 5.75 Å². The summed E-state index contributed by atoms with van der Waals surface area (Å²) in [7, 11) is 0. The zero-order valence-corrected chi connectivity index (χ0v) is 11.8. The van der Waals surface area contributed by atoms with Crippen molar-refractivity contribution < 1.29 is 19.6 Å². The highest BCUT2D eigenvalue weighted by atomic mass is 16.6. The van der Waals surface area contributed by atoms with Gasteiger partial charge in [-0.25, -0.2) is 4.79 Å². The Labute approximate surface area is 122 Å². The third kappa shape index (κ3) is 3.24. The lowest BCUT2D eigenvalue weighted by atomic mass is 10.0. The van der Waals surface area contributed by atoms with E-state index in [-0.39, 0.29) is 11.4 Å². The molecule has 0 aromatic heterocycles. The van der Waals surface area contributed by atoms with Gasteiger partial charge in [-0.1, -0.05) is 0 Å². The first kappa shape index (κ1) is 15.1. The van der Waals surface area contributed by atoms with Crippen molar-refractivity contribution >= 4 is 17.3 Å². The van der Waals surface area contributed by atoms with E-state index in [1.807, 2.05) is 0 Å². The van der Waals surface area contributed by atoms with Gasteiger partial charge in [0.1, 0.15) is 6.04 Å². The number of benzene rings is 1. The first-order chi connectivity index (χ1) is 10.0. The van der Waals surface area contributed by atoms with E-state index in [4.69, 9.17) is 4.74 Å². The van der Waals surface area contributed by atoms with Crippen LogP contribution in [-0.4, -0.2) is 35.2 Å². The smallest absolute Gasteiger partial charge is 0.326 e. The Morgan fingerprint density at radius 1 is 1.52 bits per heavy atom. The summed E-state index contributed by atoms with van der Waals surface area (Å²) in [5, 5.41) is 20.3. The van der Waals surface area contributed by atoms with E-state index in [1.165, 1.54) is 6.07 Å². The molecule has 1 aromatic carbocycles. The molecule has 1 saturated heterocycles. The highest BCUT2D eigenvalue weighted by Gasteiger charge is 2.29. The van der Waals surface area contributed by atoms with Gasteiger partial charge in [-0.15, -0.1) is 0 Å². The molecular formula is C14H18N2O5. The number of nitrogens with zero attached hydrogens (tertiary/aromatic N) is 2. The van der Waals surface area contributed by atoms with Gasteiger partial charge in [0, 0.05) is 24.4 Å². The quantitative estimate of drug-likeness (QED) is 0.662. The normalized spacial score (nSPS) is 18.3. The van der Waals surface area contributed by atoms with Gasteiger partial charge in [-0.3, -0.25) is 10.1 Å². The lowest BCUT2D eigenvalue weighted by Gasteiger charge is -2.34. The fourth-order valence-electron chi connectivity index (χ4n) is 2.60. The lowest BCUT2D eigenvalue weighted by molar-refractivity contribution is -0.385. The van der Waals surface area contributed by atoms with E-state index in [1.54, 1.807) is 24.0 Å². The molecule has 1 heterocycles. The molecule has 0 bridgehead atoms. The maximum atomic E-state index is 11.3. The molecule has 21 heavy (non-hydrogen) atoms. The number of carboxylic acids is 1. The molecule has 0 radical (unpaired) electrons. The molecule has 1 fully saturated rings. The molecule has 1 aromatic rings. The summed E-state index contributed by atoms with van der Waals surface area (Å²) < 4.78 is 5.31. The molecule has 1 aliphatic rings. The fourth-order valence-corrected chi connectivity index (χ4v) is 2.60. The molecule has 1 aliphatic heterocycles. The summed E-state index contributed by atoms with van der Waals surface area (Å²) in [6.07, 6.45) is 2.36. The number of hydrogen-bond donors (Lipinski definition) is 1. The molecule has 0 spiro atoms. The Bertz CT molecular complexity index is 546. The number of rotatable bonds is 5. The number of carboxylic acid groups (broad SMARTS) is 1. The molecule has 1 N–H and O–H groups in total. The minimum Gasteiger partial charge on any atom is -0.487 e. The second-order valence-corrected chi connectivity index (χ2v) is 4.89. The predicted molar refractivity (Wildman–Crippen MR) is 76.9 cm³/mol. The number of hydrogen-bond acceptors (Lipinski definition) is 5. The monoisotopic (exact) mass is 294 g/mol. The summed E-state index contributed by atoms with van der Waals surface area (Å²) in [5.74, 6) is -0.694. The molecule has 0 amide bonds. The summed E-state index contributed by atoms with van der Waals surface area (Å²) in [4.78, 5) is 23.6. The van der Waals surface area contributed by atoms with Crippen LogP contribution in [0.3, 0.4) is 0 Å². The zero-order valence-electron chi connectivity index (χ0n) is 11.8. The van der Waals surface area contributed by atoms with E-state index >= 15 is 0 Å². The van der Waals surface area contributed by atoms with Crippen molar-refractivity contribution in [3.05, 3.63) is 28.3 Å². The number of nitro benzene ring substituents is 1. The van der Waals surface area contributed by atoms with E-state index in [2.05, 4.69) is 0 Å². The predicted octanol–water partition coefficient (Wildman–Crippen LogP) is 2.44. The number of aliphatic carboxylic acids is 1. The van der Waals surface area contributed by atoms with Crippen LogP contribution in [0.1, 0.15) is 26.2 Å². The van der Waals surface area contributed by atoms with Crippen molar-refractivity contribution in [2.75, 3.05) is 18.1 Å². The molecule has 0 aliphatic carbocycles. The van der Waals surface area contributed by atoms with Crippen molar-refractivity contribution in [1.29, 1.82) is 0 Å². The Hall–Kier alpha value is -2.31. The van der Waals surface area contributed by atoms with E-state index in [9.17, 15) is 20.0 Å². The number of piperidine rings is 1. The molecule has 114 valence electrons. The lowest BCUT2D eigenvalue weighted by Crippen LogP contribution is -2.44. The average Bonchev–Trinajstić information content (AvgIpc) is 2.47. The van der Waals surface area contributed by atoms with Gasteiger partial charge in [0.15, 0.2) is 5.75 Å². The third-order valence-corrected chi connectivity index (χ3v) is 3.56. The van der Waals surface area contributed by atoms with Gasteiger partial charge < -0.3 is 14.7 Å². The van der Waals surface area contributed by atoms with Crippen molar-refractivity contribution in [2.24, 2.45) is 0 Å². The van der Waals surface area contributed by atoms with Gasteiger partial charge >= 0.3 is 11.7 Å². The van der Waals surface area contributed by atoms with Gasteiger partial charge in [-0.05, 0) is 32.3 Å². The van der Waals surface area contributed by atoms with Crippen LogP contribution in [0.2, 0.25) is 0 Å². The first-order valence-corrected chi connectivity index (χ1v) is 6.95. The summed E-state index contributed by atoms with van der Waals surface area (Å²) in [6, 6.07) is 3.92. The van der Waals surface area contributed by atoms with Crippen LogP contribution in [0.4, 0.5) is 11.4 Å². The molecular weight excluding hydrogens is 276 g/mol. The van der Waals surface area contributed by atoms with Crippen LogP contribution in [0.25, 0.3) is 0 Å². The molecule has 1 unspecified atom stereocenters. The SMILES string of the molecule is CCOc1cc(N2CCCCC2C(=O)O)ccc1[N+](=O)[O-]. The minimum absolute atomic E-state index is 0.107. The Morgan fingerprint density at radius 3 is 2.90 bits per heavy atom. The van der Waals surface area contributed by atoms with Gasteiger partial charge in [0.05, 0.1) is 11.5 Å². The molecule has 2 rings (SSSR count). The number of ether oxygens (including phenoxy) is 1. The van der Waals surface area contributed by atoms with Gasteiger partial charge in [0.2, 0.25) is 0 Å². The van der Waals surface area contributed by atoms with Crippen molar-refractivity contribution in [3.8, 4) is 5.75 Å². The number of nitro groups is 1. The van der Waals surface area contributed by atoms with Crippen molar-refractivity contribution in [2.45, 2.75) is 32.2 Å². The molecule has 1 atom stereocenters. The second kappa shape index (κ2) is 6.43. The number of carbonyl (C=O) groups is 1. The maximum Gasteiger partial charge on any atom is 0.326 e. The Balaban J connectivity index is 2.36. The Kier molecular flexibility index (Phi) is 4.62. The zero-order chi connectivity index (χ0) is 15.4. The summed E-state index contributed by atoms with van der Waals surface area (Å²) in [6.45, 7) is 2.68.